The third kappa shape index (κ3) is 24.6. The zero-order chi connectivity index (χ0) is 30.4. The summed E-state index contributed by atoms with van der Waals surface area (Å²) in [6.07, 6.45) is 32.8. The fourth-order valence-corrected chi connectivity index (χ4v) is 4.47. The van der Waals surface area contributed by atoms with Crippen molar-refractivity contribution in [1.29, 1.82) is 0 Å². The van der Waals surface area contributed by atoms with Crippen LogP contribution in [0.1, 0.15) is 136 Å². The average molecular weight is 578 g/mol. The molecule has 0 aromatic rings. The molecule has 0 radical (unpaired) electrons. The van der Waals surface area contributed by atoms with Gasteiger partial charge in [-0.3, -0.25) is 4.79 Å². The van der Waals surface area contributed by atoms with E-state index in [2.05, 4.69) is 67.8 Å². The second-order valence-electron chi connectivity index (χ2n) is 11.1. The van der Waals surface area contributed by atoms with Crippen molar-refractivity contribution in [2.45, 2.75) is 160 Å². The van der Waals surface area contributed by atoms with Gasteiger partial charge in [0, 0.05) is 0 Å². The van der Waals surface area contributed by atoms with Gasteiger partial charge in [0.15, 0.2) is 0 Å². The first-order valence-corrected chi connectivity index (χ1v) is 16.5. The summed E-state index contributed by atoms with van der Waals surface area (Å²) < 4.78 is 0. The number of rotatable bonds is 28. The molecule has 6 heteroatoms. The van der Waals surface area contributed by atoms with Crippen molar-refractivity contribution < 1.29 is 25.2 Å². The molecule has 1 amide bonds. The van der Waals surface area contributed by atoms with Gasteiger partial charge in [-0.25, -0.2) is 0 Å². The van der Waals surface area contributed by atoms with Gasteiger partial charge in [0.05, 0.1) is 18.8 Å². The van der Waals surface area contributed by atoms with Gasteiger partial charge < -0.3 is 25.7 Å². The van der Waals surface area contributed by atoms with Gasteiger partial charge in [-0.2, -0.15) is 0 Å². The summed E-state index contributed by atoms with van der Waals surface area (Å²) in [5.41, 5.74) is 0. The fourth-order valence-electron chi connectivity index (χ4n) is 4.47. The lowest BCUT2D eigenvalue weighted by molar-refractivity contribution is -0.132. The molecule has 0 fully saturated rings. The van der Waals surface area contributed by atoms with Crippen molar-refractivity contribution in [3.05, 3.63) is 48.6 Å². The molecule has 0 heterocycles. The monoisotopic (exact) mass is 577 g/mol. The van der Waals surface area contributed by atoms with Gasteiger partial charge in [-0.1, -0.05) is 101 Å². The van der Waals surface area contributed by atoms with Crippen molar-refractivity contribution in [3.8, 4) is 0 Å². The number of carbonyl (C=O) groups excluding carboxylic acids is 1. The Morgan fingerprint density at radius 2 is 1.05 bits per heavy atom. The van der Waals surface area contributed by atoms with Crippen molar-refractivity contribution in [2.75, 3.05) is 6.61 Å². The van der Waals surface area contributed by atoms with Crippen molar-refractivity contribution >= 4 is 5.91 Å². The van der Waals surface area contributed by atoms with E-state index < -0.39 is 36.9 Å². The highest BCUT2D eigenvalue weighted by molar-refractivity contribution is 5.80. The molecule has 0 aromatic heterocycles. The molecule has 0 saturated carbocycles. The minimum Gasteiger partial charge on any atom is -0.394 e. The minimum atomic E-state index is -1.30. The van der Waals surface area contributed by atoms with E-state index in [1.165, 1.54) is 38.5 Å². The standard InChI is InChI=1S/C35H63NO5/c1-3-5-7-9-11-13-14-15-16-17-18-19-21-22-24-26-28-32(38)34(40)31(30-37)36-35(41)33(39)29-27-25-23-20-12-10-8-6-4-2/h10-13,16-17,21-22,31-34,37-40H,3-9,14-15,18-20,23-30H2,1-2H3,(H,36,41)/b12-10-,13-11+,17-16+,22-21+. The predicted octanol–water partition coefficient (Wildman–Crippen LogP) is 7.22. The highest BCUT2D eigenvalue weighted by Gasteiger charge is 2.28. The van der Waals surface area contributed by atoms with Crippen LogP contribution in [0, 0.1) is 0 Å². The third-order valence-corrected chi connectivity index (χ3v) is 7.22. The number of hydrogen-bond donors (Lipinski definition) is 5. The van der Waals surface area contributed by atoms with Crippen molar-refractivity contribution in [2.24, 2.45) is 0 Å². The van der Waals surface area contributed by atoms with E-state index in [9.17, 15) is 25.2 Å². The molecule has 5 N–H and O–H groups in total. The lowest BCUT2D eigenvalue weighted by Gasteiger charge is -2.27. The highest BCUT2D eigenvalue weighted by Crippen LogP contribution is 2.12. The van der Waals surface area contributed by atoms with Crippen LogP contribution in [0.4, 0.5) is 0 Å². The fraction of sp³-hybridized carbons (Fsp3) is 0.743. The van der Waals surface area contributed by atoms with Crippen LogP contribution >= 0.6 is 0 Å². The number of aliphatic hydroxyl groups excluding tert-OH is 4. The van der Waals surface area contributed by atoms with E-state index in [-0.39, 0.29) is 0 Å². The Morgan fingerprint density at radius 1 is 0.585 bits per heavy atom. The predicted molar refractivity (Wildman–Crippen MR) is 173 cm³/mol. The van der Waals surface area contributed by atoms with Gasteiger partial charge in [-0.15, -0.1) is 0 Å². The van der Waals surface area contributed by atoms with E-state index in [0.29, 0.717) is 19.3 Å². The molecule has 0 aromatic carbocycles. The van der Waals surface area contributed by atoms with Crippen LogP contribution in [0.25, 0.3) is 0 Å². The van der Waals surface area contributed by atoms with Crippen LogP contribution < -0.4 is 5.32 Å². The van der Waals surface area contributed by atoms with Gasteiger partial charge >= 0.3 is 0 Å². The van der Waals surface area contributed by atoms with Crippen LogP contribution in [0.15, 0.2) is 48.6 Å². The molecule has 6 nitrogen and oxygen atoms in total. The molecule has 41 heavy (non-hydrogen) atoms. The smallest absolute Gasteiger partial charge is 0.249 e. The first-order valence-electron chi connectivity index (χ1n) is 16.5. The van der Waals surface area contributed by atoms with Crippen LogP contribution in [0.5, 0.6) is 0 Å². The summed E-state index contributed by atoms with van der Waals surface area (Å²) in [4.78, 5) is 12.3. The van der Waals surface area contributed by atoms with Gasteiger partial charge in [0.25, 0.3) is 0 Å². The van der Waals surface area contributed by atoms with Crippen molar-refractivity contribution in [1.82, 2.24) is 5.32 Å². The molecule has 0 aliphatic heterocycles. The van der Waals surface area contributed by atoms with Crippen LogP contribution in [0.2, 0.25) is 0 Å². The van der Waals surface area contributed by atoms with Gasteiger partial charge in [-0.05, 0) is 83.5 Å². The maximum absolute atomic E-state index is 12.3. The van der Waals surface area contributed by atoms with E-state index in [0.717, 1.165) is 64.2 Å². The number of carbonyl (C=O) groups is 1. The van der Waals surface area contributed by atoms with E-state index in [1.807, 2.05) is 0 Å². The number of allylic oxidation sites excluding steroid dienone is 8. The van der Waals surface area contributed by atoms with Crippen LogP contribution in [-0.4, -0.2) is 57.3 Å². The van der Waals surface area contributed by atoms with E-state index >= 15 is 0 Å². The number of unbranched alkanes of at least 4 members (excludes halogenated alkanes) is 11. The second kappa shape index (κ2) is 29.8. The molecule has 0 aliphatic rings. The molecule has 0 aliphatic carbocycles. The Bertz CT molecular complexity index is 703. The van der Waals surface area contributed by atoms with Crippen molar-refractivity contribution in [3.63, 3.8) is 0 Å². The molecule has 4 unspecified atom stereocenters. The molecule has 4 atom stereocenters. The first-order chi connectivity index (χ1) is 20.0. The molecule has 0 saturated heterocycles. The maximum Gasteiger partial charge on any atom is 0.249 e. The second-order valence-corrected chi connectivity index (χ2v) is 11.1. The summed E-state index contributed by atoms with van der Waals surface area (Å²) >= 11 is 0. The maximum atomic E-state index is 12.3. The molecule has 0 bridgehead atoms. The Labute approximate surface area is 251 Å². The number of aliphatic hydroxyl groups is 4. The number of nitrogens with one attached hydrogen (secondary N) is 1. The van der Waals surface area contributed by atoms with Crippen LogP contribution in [-0.2, 0) is 4.79 Å². The first kappa shape index (κ1) is 39.3. The highest BCUT2D eigenvalue weighted by atomic mass is 16.3. The molecule has 238 valence electrons. The van der Waals surface area contributed by atoms with E-state index in [4.69, 9.17) is 0 Å². The molecular formula is C35H63NO5. The molecular weight excluding hydrogens is 514 g/mol. The quantitative estimate of drug-likeness (QED) is 0.0498. The van der Waals surface area contributed by atoms with Crippen LogP contribution in [0.3, 0.4) is 0 Å². The molecule has 0 spiro atoms. The normalized spacial score (nSPS) is 15.4. The number of amides is 1. The Morgan fingerprint density at radius 3 is 1.56 bits per heavy atom. The summed E-state index contributed by atoms with van der Waals surface area (Å²) in [5, 5.41) is 43.1. The third-order valence-electron chi connectivity index (χ3n) is 7.22. The summed E-state index contributed by atoms with van der Waals surface area (Å²) in [7, 11) is 0. The topological polar surface area (TPSA) is 110 Å². The van der Waals surface area contributed by atoms with E-state index in [1.54, 1.807) is 0 Å². The Hall–Kier alpha value is -1.73. The largest absolute Gasteiger partial charge is 0.394 e. The number of hydrogen-bond acceptors (Lipinski definition) is 5. The minimum absolute atomic E-state index is 0.334. The van der Waals surface area contributed by atoms with Gasteiger partial charge in [0.2, 0.25) is 5.91 Å². The zero-order valence-electron chi connectivity index (χ0n) is 26.3. The summed E-state index contributed by atoms with van der Waals surface area (Å²) in [6, 6.07) is -1.01. The molecule has 0 rings (SSSR count). The van der Waals surface area contributed by atoms with Gasteiger partial charge in [0.1, 0.15) is 12.2 Å². The Kier molecular flexibility index (Phi) is 28.5. The lowest BCUT2D eigenvalue weighted by atomic mass is 10.00. The Balaban J connectivity index is 4.00. The average Bonchev–Trinajstić information content (AvgIpc) is 2.98. The SMILES string of the molecule is CCCC/C=C\CCCCCC(O)C(=O)NC(CO)C(O)C(O)CCC/C=C/CC/C=C/CC/C=C/CCCCC. The summed E-state index contributed by atoms with van der Waals surface area (Å²) in [6.45, 7) is 3.90. The lowest BCUT2D eigenvalue weighted by Crippen LogP contribution is -2.53. The summed E-state index contributed by atoms with van der Waals surface area (Å²) in [5.74, 6) is -0.620. The zero-order valence-corrected chi connectivity index (χ0v) is 26.3.